The van der Waals surface area contributed by atoms with E-state index in [1.807, 2.05) is 38.2 Å². The Balaban J connectivity index is 1.50. The molecule has 1 saturated heterocycles. The van der Waals surface area contributed by atoms with Crippen molar-refractivity contribution >= 4 is 17.4 Å². The lowest BCUT2D eigenvalue weighted by atomic mass is 9.95. The summed E-state index contributed by atoms with van der Waals surface area (Å²) in [5, 5.41) is 6.85. The van der Waals surface area contributed by atoms with Gasteiger partial charge in [-0.3, -0.25) is 0 Å². The van der Waals surface area contributed by atoms with E-state index in [0.29, 0.717) is 12.5 Å². The number of hydrogen-bond acceptors (Lipinski definition) is 4. The summed E-state index contributed by atoms with van der Waals surface area (Å²) in [5.74, 6) is 0.301. The monoisotopic (exact) mass is 345 g/mol. The zero-order chi connectivity index (χ0) is 16.9. The Labute approximate surface area is 146 Å². The van der Waals surface area contributed by atoms with Crippen LogP contribution in [-0.2, 0) is 4.74 Å². The van der Waals surface area contributed by atoms with Gasteiger partial charge >= 0.3 is 6.03 Å². The van der Waals surface area contributed by atoms with E-state index in [1.54, 1.807) is 11.3 Å². The summed E-state index contributed by atoms with van der Waals surface area (Å²) in [6, 6.07) is 9.95. The predicted molar refractivity (Wildman–Crippen MR) is 95.0 cm³/mol. The van der Waals surface area contributed by atoms with Gasteiger partial charge in [0.25, 0.3) is 0 Å². The highest BCUT2D eigenvalue weighted by Crippen LogP contribution is 2.33. The van der Waals surface area contributed by atoms with E-state index in [9.17, 15) is 4.79 Å². The third-order valence-corrected chi connectivity index (χ3v) is 5.32. The minimum absolute atomic E-state index is 0.0607. The van der Waals surface area contributed by atoms with Crippen LogP contribution in [0.25, 0.3) is 0 Å². The normalized spacial score (nSPS) is 21.4. The summed E-state index contributed by atoms with van der Waals surface area (Å²) in [4.78, 5) is 17.6. The highest BCUT2D eigenvalue weighted by Gasteiger charge is 2.29. The van der Waals surface area contributed by atoms with Crippen LogP contribution >= 0.6 is 11.3 Å². The summed E-state index contributed by atoms with van der Waals surface area (Å²) >= 11 is 1.61. The summed E-state index contributed by atoms with van der Waals surface area (Å²) < 4.78 is 5.86. The van der Waals surface area contributed by atoms with Crippen molar-refractivity contribution in [2.75, 3.05) is 13.2 Å². The van der Waals surface area contributed by atoms with Gasteiger partial charge in [-0.1, -0.05) is 30.3 Å². The number of nitrogens with zero attached hydrogens (tertiary/aromatic N) is 1. The number of carbonyl (C=O) groups is 1. The SMILES string of the molecule is Cc1cnc([C@H](C)NC(=O)NC[C@H]2CCO[C@H]2c2ccccc2)s1. The van der Waals surface area contributed by atoms with Crippen molar-refractivity contribution in [3.63, 3.8) is 0 Å². The second kappa shape index (κ2) is 7.77. The molecule has 2 amide bonds. The Morgan fingerprint density at radius 1 is 1.42 bits per heavy atom. The van der Waals surface area contributed by atoms with Crippen molar-refractivity contribution in [1.82, 2.24) is 15.6 Å². The number of nitrogens with one attached hydrogen (secondary N) is 2. The van der Waals surface area contributed by atoms with Gasteiger partial charge in [0.2, 0.25) is 0 Å². The van der Waals surface area contributed by atoms with Crippen LogP contribution in [0, 0.1) is 12.8 Å². The van der Waals surface area contributed by atoms with Gasteiger partial charge < -0.3 is 15.4 Å². The number of hydrogen-bond donors (Lipinski definition) is 2. The lowest BCUT2D eigenvalue weighted by Crippen LogP contribution is -2.39. The molecule has 0 saturated carbocycles. The van der Waals surface area contributed by atoms with E-state index in [0.717, 1.165) is 22.9 Å². The number of aromatic nitrogens is 1. The molecule has 0 bridgehead atoms. The average Bonchev–Trinajstić information content (AvgIpc) is 3.22. The molecule has 6 heteroatoms. The van der Waals surface area contributed by atoms with E-state index < -0.39 is 0 Å². The van der Waals surface area contributed by atoms with Crippen LogP contribution in [0.4, 0.5) is 4.79 Å². The molecule has 3 rings (SSSR count). The van der Waals surface area contributed by atoms with E-state index in [4.69, 9.17) is 4.74 Å². The number of ether oxygens (including phenoxy) is 1. The molecule has 1 aliphatic rings. The molecular weight excluding hydrogens is 322 g/mol. The molecular formula is C18H23N3O2S. The first kappa shape index (κ1) is 16.9. The van der Waals surface area contributed by atoms with Gasteiger partial charge in [-0.05, 0) is 25.8 Å². The topological polar surface area (TPSA) is 63.2 Å². The van der Waals surface area contributed by atoms with Gasteiger partial charge in [0.05, 0.1) is 12.1 Å². The molecule has 2 heterocycles. The lowest BCUT2D eigenvalue weighted by Gasteiger charge is -2.20. The Morgan fingerprint density at radius 3 is 2.92 bits per heavy atom. The maximum atomic E-state index is 12.1. The van der Waals surface area contributed by atoms with Gasteiger partial charge in [-0.25, -0.2) is 9.78 Å². The van der Waals surface area contributed by atoms with Crippen LogP contribution in [-0.4, -0.2) is 24.2 Å². The fraction of sp³-hybridized carbons (Fsp3) is 0.444. The maximum Gasteiger partial charge on any atom is 0.315 e. The zero-order valence-corrected chi connectivity index (χ0v) is 14.8. The van der Waals surface area contributed by atoms with E-state index >= 15 is 0 Å². The van der Waals surface area contributed by atoms with Gasteiger partial charge in [0.15, 0.2) is 0 Å². The lowest BCUT2D eigenvalue weighted by molar-refractivity contribution is 0.0910. The number of benzene rings is 1. The molecule has 1 aliphatic heterocycles. The third kappa shape index (κ3) is 4.13. The molecule has 0 spiro atoms. The maximum absolute atomic E-state index is 12.1. The van der Waals surface area contributed by atoms with Gasteiger partial charge in [-0.15, -0.1) is 11.3 Å². The second-order valence-electron chi connectivity index (χ2n) is 6.14. The molecule has 1 aromatic carbocycles. The van der Waals surface area contributed by atoms with Gasteiger partial charge in [-0.2, -0.15) is 0 Å². The van der Waals surface area contributed by atoms with Crippen LogP contribution in [0.5, 0.6) is 0 Å². The largest absolute Gasteiger partial charge is 0.373 e. The van der Waals surface area contributed by atoms with Crippen LogP contribution < -0.4 is 10.6 Å². The number of aryl methyl sites for hydroxylation is 1. The molecule has 3 atom stereocenters. The molecule has 0 unspecified atom stereocenters. The van der Waals surface area contributed by atoms with E-state index in [2.05, 4.69) is 27.8 Å². The van der Waals surface area contributed by atoms with Crippen LogP contribution in [0.3, 0.4) is 0 Å². The highest BCUT2D eigenvalue weighted by atomic mass is 32.1. The smallest absolute Gasteiger partial charge is 0.315 e. The molecule has 0 aliphatic carbocycles. The van der Waals surface area contributed by atoms with Crippen molar-refractivity contribution in [1.29, 1.82) is 0 Å². The molecule has 5 nitrogen and oxygen atoms in total. The standard InChI is InChI=1S/C18H23N3O2S/c1-12-10-19-17(24-12)13(2)21-18(22)20-11-15-8-9-23-16(15)14-6-4-3-5-7-14/h3-7,10,13,15-16H,8-9,11H2,1-2H3,(H2,20,21,22)/t13-,15+,16-/m0/s1. The quantitative estimate of drug-likeness (QED) is 0.870. The fourth-order valence-electron chi connectivity index (χ4n) is 2.96. The average molecular weight is 345 g/mol. The van der Waals surface area contributed by atoms with Crippen molar-refractivity contribution in [2.24, 2.45) is 5.92 Å². The first-order valence-electron chi connectivity index (χ1n) is 8.26. The van der Waals surface area contributed by atoms with Crippen LogP contribution in [0.2, 0.25) is 0 Å². The van der Waals surface area contributed by atoms with E-state index in [1.165, 1.54) is 5.56 Å². The Bertz CT molecular complexity index is 674. The summed E-state index contributed by atoms with van der Waals surface area (Å²) in [6.45, 7) is 5.30. The molecule has 1 aromatic heterocycles. The van der Waals surface area contributed by atoms with Crippen molar-refractivity contribution in [3.05, 3.63) is 52.0 Å². The third-order valence-electron chi connectivity index (χ3n) is 4.22. The number of urea groups is 1. The minimum Gasteiger partial charge on any atom is -0.373 e. The molecule has 0 radical (unpaired) electrons. The Morgan fingerprint density at radius 2 is 2.21 bits per heavy atom. The number of carbonyl (C=O) groups excluding carboxylic acids is 1. The summed E-state index contributed by atoms with van der Waals surface area (Å²) in [6.07, 6.45) is 2.85. The zero-order valence-electron chi connectivity index (χ0n) is 14.0. The van der Waals surface area contributed by atoms with E-state index in [-0.39, 0.29) is 18.2 Å². The first-order chi connectivity index (χ1) is 11.6. The predicted octanol–water partition coefficient (Wildman–Crippen LogP) is 3.59. The van der Waals surface area contributed by atoms with Crippen molar-refractivity contribution in [2.45, 2.75) is 32.4 Å². The second-order valence-corrected chi connectivity index (χ2v) is 7.40. The number of rotatable bonds is 5. The molecule has 128 valence electrons. The first-order valence-corrected chi connectivity index (χ1v) is 9.08. The van der Waals surface area contributed by atoms with Crippen LogP contribution in [0.15, 0.2) is 36.5 Å². The molecule has 2 aromatic rings. The minimum atomic E-state index is -0.158. The fourth-order valence-corrected chi connectivity index (χ4v) is 3.74. The molecule has 24 heavy (non-hydrogen) atoms. The number of thiazole rings is 1. The summed E-state index contributed by atoms with van der Waals surface area (Å²) in [7, 11) is 0. The highest BCUT2D eigenvalue weighted by molar-refractivity contribution is 7.11. The van der Waals surface area contributed by atoms with Gasteiger partial charge in [0, 0.05) is 30.1 Å². The Kier molecular flexibility index (Phi) is 5.48. The van der Waals surface area contributed by atoms with Gasteiger partial charge in [0.1, 0.15) is 5.01 Å². The summed E-state index contributed by atoms with van der Waals surface area (Å²) in [5.41, 5.74) is 1.17. The molecule has 1 fully saturated rings. The Hall–Kier alpha value is -1.92. The van der Waals surface area contributed by atoms with Crippen molar-refractivity contribution < 1.29 is 9.53 Å². The van der Waals surface area contributed by atoms with Crippen molar-refractivity contribution in [3.8, 4) is 0 Å². The number of amides is 2. The molecule has 2 N–H and O–H groups in total. The van der Waals surface area contributed by atoms with Crippen LogP contribution in [0.1, 0.15) is 40.9 Å².